The number of nitrogens with zero attached hydrogens (tertiary/aromatic N) is 1. The third-order valence-electron chi connectivity index (χ3n) is 0.739. The molecule has 0 aliphatic rings. The van der Waals surface area contributed by atoms with Crippen LogP contribution in [0.1, 0.15) is 19.8 Å². The Morgan fingerprint density at radius 3 is 2.89 bits per heavy atom. The molecule has 0 atom stereocenters. The molecule has 0 aromatic rings. The average molecular weight is 134 g/mol. The minimum atomic E-state index is -0.727. The number of unbranched alkanes of at least 4 members (excludes halogenated alkanes) is 1. The zero-order valence-corrected chi connectivity index (χ0v) is 5.29. The second-order valence-corrected chi connectivity index (χ2v) is 1.55. The number of nitro groups is 1. The van der Waals surface area contributed by atoms with Gasteiger partial charge in [0, 0.05) is 0 Å². The monoisotopic (exact) mass is 134 g/mol. The van der Waals surface area contributed by atoms with Gasteiger partial charge < -0.3 is 0 Å². The Morgan fingerprint density at radius 1 is 1.78 bits per heavy atom. The Balaban J connectivity index is 2.83. The lowest BCUT2D eigenvalue weighted by Crippen LogP contribution is -2.22. The van der Waals surface area contributed by atoms with E-state index in [4.69, 9.17) is 0 Å². The summed E-state index contributed by atoms with van der Waals surface area (Å²) in [6.45, 7) is 2.37. The van der Waals surface area contributed by atoms with Crippen molar-refractivity contribution in [3.63, 3.8) is 0 Å². The molecule has 1 N–H and O–H groups in total. The van der Waals surface area contributed by atoms with Crippen LogP contribution < -0.4 is 5.59 Å². The summed E-state index contributed by atoms with van der Waals surface area (Å²) < 4.78 is 0. The van der Waals surface area contributed by atoms with E-state index < -0.39 is 5.03 Å². The van der Waals surface area contributed by atoms with Crippen LogP contribution in [-0.2, 0) is 4.84 Å². The van der Waals surface area contributed by atoms with Crippen LogP contribution in [0, 0.1) is 10.1 Å². The first-order valence-electron chi connectivity index (χ1n) is 2.79. The molecule has 5 nitrogen and oxygen atoms in total. The molecule has 54 valence electrons. The lowest BCUT2D eigenvalue weighted by atomic mass is 10.4. The van der Waals surface area contributed by atoms with Gasteiger partial charge in [-0.15, -0.1) is 0 Å². The van der Waals surface area contributed by atoms with Crippen molar-refractivity contribution in [1.82, 2.24) is 5.59 Å². The van der Waals surface area contributed by atoms with Crippen molar-refractivity contribution < 1.29 is 9.87 Å². The van der Waals surface area contributed by atoms with E-state index in [1.165, 1.54) is 0 Å². The SMILES string of the molecule is CCCCON[N+](=O)[O-]. The van der Waals surface area contributed by atoms with Gasteiger partial charge in [-0.3, -0.25) is 0 Å². The number of hydrogen-bond acceptors (Lipinski definition) is 3. The fraction of sp³-hybridized carbons (Fsp3) is 1.00. The zero-order valence-electron chi connectivity index (χ0n) is 5.29. The molecule has 0 rings (SSSR count). The molecule has 0 aromatic carbocycles. The maximum Gasteiger partial charge on any atom is 0.184 e. The van der Waals surface area contributed by atoms with E-state index in [1.807, 2.05) is 6.92 Å². The predicted octanol–water partition coefficient (Wildman–Crippen LogP) is 0.499. The van der Waals surface area contributed by atoms with Crippen LogP contribution in [0.25, 0.3) is 0 Å². The topological polar surface area (TPSA) is 64.4 Å². The summed E-state index contributed by atoms with van der Waals surface area (Å²) in [5, 5.41) is 8.81. The van der Waals surface area contributed by atoms with Crippen LogP contribution in [0.15, 0.2) is 0 Å². The van der Waals surface area contributed by atoms with E-state index >= 15 is 0 Å². The second-order valence-electron chi connectivity index (χ2n) is 1.55. The number of hydrazine groups is 1. The minimum Gasteiger partial charge on any atom is -0.233 e. The first kappa shape index (κ1) is 8.16. The molecule has 0 spiro atoms. The van der Waals surface area contributed by atoms with Gasteiger partial charge in [0.1, 0.15) is 0 Å². The third kappa shape index (κ3) is 7.16. The van der Waals surface area contributed by atoms with Gasteiger partial charge in [0.15, 0.2) is 5.03 Å². The van der Waals surface area contributed by atoms with Crippen LogP contribution in [0.3, 0.4) is 0 Å². The van der Waals surface area contributed by atoms with Crippen LogP contribution in [0.5, 0.6) is 0 Å². The predicted molar refractivity (Wildman–Crippen MR) is 31.0 cm³/mol. The van der Waals surface area contributed by atoms with E-state index in [0.29, 0.717) is 6.61 Å². The summed E-state index contributed by atoms with van der Waals surface area (Å²) in [7, 11) is 0. The molecule has 0 aliphatic heterocycles. The maximum absolute atomic E-state index is 9.53. The fourth-order valence-corrected chi connectivity index (χ4v) is 0.315. The Hall–Kier alpha value is -0.840. The highest BCUT2D eigenvalue weighted by atomic mass is 16.8. The van der Waals surface area contributed by atoms with Gasteiger partial charge >= 0.3 is 0 Å². The van der Waals surface area contributed by atoms with Gasteiger partial charge in [-0.05, 0) is 12.0 Å². The molecule has 0 fully saturated rings. The maximum atomic E-state index is 9.53. The highest BCUT2D eigenvalue weighted by Crippen LogP contribution is 1.84. The van der Waals surface area contributed by atoms with E-state index in [0.717, 1.165) is 12.8 Å². The molecule has 9 heavy (non-hydrogen) atoms. The number of hydrogen-bond donors (Lipinski definition) is 1. The second kappa shape index (κ2) is 5.30. The summed E-state index contributed by atoms with van der Waals surface area (Å²) in [6, 6.07) is 0. The van der Waals surface area contributed by atoms with Crippen molar-refractivity contribution in [2.45, 2.75) is 19.8 Å². The summed E-state index contributed by atoms with van der Waals surface area (Å²) in [5.41, 5.74) is 1.60. The van der Waals surface area contributed by atoms with Gasteiger partial charge in [-0.1, -0.05) is 13.3 Å². The first-order chi connectivity index (χ1) is 4.27. The smallest absolute Gasteiger partial charge is 0.184 e. The van der Waals surface area contributed by atoms with Crippen molar-refractivity contribution >= 4 is 0 Å². The van der Waals surface area contributed by atoms with E-state index in [2.05, 4.69) is 4.84 Å². The van der Waals surface area contributed by atoms with E-state index in [9.17, 15) is 10.1 Å². The number of rotatable bonds is 5. The molecule has 0 heterocycles. The van der Waals surface area contributed by atoms with Gasteiger partial charge in [0.2, 0.25) is 0 Å². The molecule has 5 heteroatoms. The molecule has 0 unspecified atom stereocenters. The molecule has 0 aliphatic carbocycles. The highest BCUT2D eigenvalue weighted by molar-refractivity contribution is 4.26. The Bertz CT molecular complexity index is 85.9. The molecule has 0 saturated heterocycles. The summed E-state index contributed by atoms with van der Waals surface area (Å²) >= 11 is 0. The Labute approximate surface area is 53.1 Å². The fourth-order valence-electron chi connectivity index (χ4n) is 0.315. The van der Waals surface area contributed by atoms with Gasteiger partial charge in [-0.25, -0.2) is 15.0 Å². The summed E-state index contributed by atoms with van der Waals surface area (Å²) in [4.78, 5) is 13.9. The van der Waals surface area contributed by atoms with E-state index in [1.54, 1.807) is 5.59 Å². The molecular weight excluding hydrogens is 124 g/mol. The molecule has 0 radical (unpaired) electrons. The van der Waals surface area contributed by atoms with Gasteiger partial charge in [-0.2, -0.15) is 0 Å². The quantitative estimate of drug-likeness (QED) is 0.338. The van der Waals surface area contributed by atoms with Crippen molar-refractivity contribution in [2.75, 3.05) is 6.61 Å². The Morgan fingerprint density at radius 2 is 2.44 bits per heavy atom. The molecular formula is C4H10N2O3. The largest absolute Gasteiger partial charge is 0.233 e. The normalized spacial score (nSPS) is 9.00. The van der Waals surface area contributed by atoms with Gasteiger partial charge in [0.05, 0.1) is 6.61 Å². The average Bonchev–Trinajstić information content (AvgIpc) is 1.80. The van der Waals surface area contributed by atoms with Gasteiger partial charge in [0.25, 0.3) is 0 Å². The molecule has 0 bridgehead atoms. The van der Waals surface area contributed by atoms with Crippen molar-refractivity contribution in [3.05, 3.63) is 10.1 Å². The van der Waals surface area contributed by atoms with Crippen molar-refractivity contribution in [1.29, 1.82) is 0 Å². The summed E-state index contributed by atoms with van der Waals surface area (Å²) in [6.07, 6.45) is 1.81. The van der Waals surface area contributed by atoms with Crippen LogP contribution in [0.2, 0.25) is 0 Å². The van der Waals surface area contributed by atoms with Crippen LogP contribution in [0.4, 0.5) is 0 Å². The molecule has 0 saturated carbocycles. The highest BCUT2D eigenvalue weighted by Gasteiger charge is 1.90. The zero-order chi connectivity index (χ0) is 7.11. The van der Waals surface area contributed by atoms with E-state index in [-0.39, 0.29) is 0 Å². The van der Waals surface area contributed by atoms with Crippen molar-refractivity contribution in [3.8, 4) is 0 Å². The molecule has 0 amide bonds. The Kier molecular flexibility index (Phi) is 4.81. The van der Waals surface area contributed by atoms with Crippen LogP contribution >= 0.6 is 0 Å². The minimum absolute atomic E-state index is 0.386. The lowest BCUT2D eigenvalue weighted by molar-refractivity contribution is -0.606. The van der Waals surface area contributed by atoms with Crippen molar-refractivity contribution in [2.24, 2.45) is 0 Å². The van der Waals surface area contributed by atoms with Crippen LogP contribution in [-0.4, -0.2) is 11.6 Å². The molecule has 0 aromatic heterocycles. The third-order valence-corrected chi connectivity index (χ3v) is 0.739. The standard InChI is InChI=1S/C4H10N2O3/c1-2-3-4-9-5-6(7)8/h5H,2-4H2,1H3. The summed E-state index contributed by atoms with van der Waals surface area (Å²) in [5.74, 6) is 0. The lowest BCUT2D eigenvalue weighted by Gasteiger charge is -1.94. The number of nitrogens with one attached hydrogen (secondary N) is 1. The first-order valence-corrected chi connectivity index (χ1v) is 2.79.